The van der Waals surface area contributed by atoms with Gasteiger partial charge in [0.15, 0.2) is 0 Å². The van der Waals surface area contributed by atoms with Crippen LogP contribution in [0, 0.1) is 10.1 Å². The Morgan fingerprint density at radius 2 is 1.80 bits per heavy atom. The van der Waals surface area contributed by atoms with E-state index in [1.54, 1.807) is 42.5 Å². The van der Waals surface area contributed by atoms with Crippen LogP contribution < -0.4 is 10.2 Å². The number of nitro benzene ring substituents is 1. The molecular formula is C25H17Cl2N3O5. The molecule has 0 aliphatic carbocycles. The van der Waals surface area contributed by atoms with Gasteiger partial charge < -0.3 is 9.15 Å². The van der Waals surface area contributed by atoms with Crippen LogP contribution >= 0.6 is 23.2 Å². The van der Waals surface area contributed by atoms with Gasteiger partial charge in [-0.3, -0.25) is 14.9 Å². The molecule has 1 aromatic heterocycles. The van der Waals surface area contributed by atoms with Crippen molar-refractivity contribution in [1.29, 1.82) is 0 Å². The molecule has 4 aromatic rings. The molecule has 8 nitrogen and oxygen atoms in total. The Bertz CT molecular complexity index is 1420. The number of furan rings is 1. The molecule has 0 spiro atoms. The Morgan fingerprint density at radius 1 is 1.03 bits per heavy atom. The largest absolute Gasteiger partial charge is 0.488 e. The number of para-hydroxylation sites is 1. The highest BCUT2D eigenvalue weighted by Gasteiger charge is 2.14. The van der Waals surface area contributed by atoms with E-state index in [0.717, 1.165) is 5.56 Å². The number of non-ortho nitro benzene ring substituents is 1. The van der Waals surface area contributed by atoms with Crippen LogP contribution in [-0.2, 0) is 6.61 Å². The molecule has 0 atom stereocenters. The Morgan fingerprint density at radius 3 is 2.57 bits per heavy atom. The first-order chi connectivity index (χ1) is 16.9. The fourth-order valence-corrected chi connectivity index (χ4v) is 3.61. The van der Waals surface area contributed by atoms with Crippen LogP contribution in [0.1, 0.15) is 21.7 Å². The summed E-state index contributed by atoms with van der Waals surface area (Å²) in [6, 6.07) is 21.4. The number of amides is 1. The van der Waals surface area contributed by atoms with Crippen molar-refractivity contribution in [2.24, 2.45) is 5.10 Å². The molecule has 10 heteroatoms. The van der Waals surface area contributed by atoms with Gasteiger partial charge in [0.05, 0.1) is 21.7 Å². The summed E-state index contributed by atoms with van der Waals surface area (Å²) in [4.78, 5) is 23.0. The van der Waals surface area contributed by atoms with Gasteiger partial charge in [-0.25, -0.2) is 5.43 Å². The molecule has 1 heterocycles. The summed E-state index contributed by atoms with van der Waals surface area (Å²) in [6.45, 7) is 0.202. The number of hydrazone groups is 1. The third-order valence-corrected chi connectivity index (χ3v) is 5.57. The van der Waals surface area contributed by atoms with E-state index in [4.69, 9.17) is 32.4 Å². The Kier molecular flexibility index (Phi) is 7.45. The third kappa shape index (κ3) is 5.87. The first-order valence-electron chi connectivity index (χ1n) is 10.2. The normalized spacial score (nSPS) is 10.9. The summed E-state index contributed by atoms with van der Waals surface area (Å²) in [5, 5.41) is 15.6. The van der Waals surface area contributed by atoms with E-state index in [2.05, 4.69) is 10.5 Å². The van der Waals surface area contributed by atoms with Gasteiger partial charge in [0.2, 0.25) is 0 Å². The quantitative estimate of drug-likeness (QED) is 0.165. The first-order valence-corrected chi connectivity index (χ1v) is 11.0. The molecule has 0 radical (unpaired) electrons. The van der Waals surface area contributed by atoms with Crippen molar-refractivity contribution in [3.63, 3.8) is 0 Å². The molecule has 3 aromatic carbocycles. The van der Waals surface area contributed by atoms with E-state index < -0.39 is 10.8 Å². The monoisotopic (exact) mass is 509 g/mol. The summed E-state index contributed by atoms with van der Waals surface area (Å²) in [5.41, 5.74) is 3.91. The van der Waals surface area contributed by atoms with Gasteiger partial charge in [-0.1, -0.05) is 53.5 Å². The van der Waals surface area contributed by atoms with Gasteiger partial charge in [0.25, 0.3) is 11.6 Å². The van der Waals surface area contributed by atoms with Crippen LogP contribution in [0.25, 0.3) is 11.3 Å². The number of carbonyl (C=O) groups is 1. The molecule has 0 fully saturated rings. The van der Waals surface area contributed by atoms with E-state index in [1.165, 1.54) is 24.4 Å². The molecule has 0 aliphatic rings. The maximum atomic E-state index is 12.7. The van der Waals surface area contributed by atoms with Crippen LogP contribution in [0.3, 0.4) is 0 Å². The molecule has 35 heavy (non-hydrogen) atoms. The number of rotatable bonds is 8. The zero-order valence-electron chi connectivity index (χ0n) is 18.0. The number of carbonyl (C=O) groups excluding carboxylic acids is 1. The average molecular weight is 510 g/mol. The molecule has 0 bridgehead atoms. The number of hydrogen-bond donors (Lipinski definition) is 1. The number of ether oxygens (including phenoxy) is 1. The second kappa shape index (κ2) is 10.9. The summed E-state index contributed by atoms with van der Waals surface area (Å²) < 4.78 is 11.5. The summed E-state index contributed by atoms with van der Waals surface area (Å²) in [7, 11) is 0. The third-order valence-electron chi connectivity index (χ3n) is 4.89. The average Bonchev–Trinajstić information content (AvgIpc) is 3.32. The van der Waals surface area contributed by atoms with Crippen molar-refractivity contribution in [1.82, 2.24) is 5.43 Å². The number of benzene rings is 3. The van der Waals surface area contributed by atoms with Crippen molar-refractivity contribution < 1.29 is 18.9 Å². The lowest BCUT2D eigenvalue weighted by molar-refractivity contribution is -0.384. The predicted octanol–water partition coefficient (Wildman–Crippen LogP) is 6.50. The van der Waals surface area contributed by atoms with Crippen molar-refractivity contribution in [2.45, 2.75) is 6.61 Å². The second-order valence-electron chi connectivity index (χ2n) is 7.20. The van der Waals surface area contributed by atoms with Crippen LogP contribution in [0.2, 0.25) is 10.0 Å². The second-order valence-corrected chi connectivity index (χ2v) is 8.01. The molecule has 0 saturated carbocycles. The molecule has 0 aliphatic heterocycles. The van der Waals surface area contributed by atoms with E-state index in [-0.39, 0.29) is 17.3 Å². The Hall–Kier alpha value is -4.14. The fraction of sp³-hybridized carbons (Fsp3) is 0.0400. The lowest BCUT2D eigenvalue weighted by atomic mass is 10.1. The van der Waals surface area contributed by atoms with Crippen LogP contribution in [0.15, 0.2) is 88.4 Å². The van der Waals surface area contributed by atoms with Gasteiger partial charge in [-0.15, -0.1) is 0 Å². The number of halogens is 2. The minimum atomic E-state index is -0.529. The minimum Gasteiger partial charge on any atom is -0.488 e. The highest BCUT2D eigenvalue weighted by molar-refractivity contribution is 6.33. The number of nitrogens with zero attached hydrogens (tertiary/aromatic N) is 2. The maximum absolute atomic E-state index is 12.7. The zero-order valence-corrected chi connectivity index (χ0v) is 19.5. The smallest absolute Gasteiger partial charge is 0.275 e. The van der Waals surface area contributed by atoms with Crippen molar-refractivity contribution in [2.75, 3.05) is 0 Å². The fourth-order valence-electron chi connectivity index (χ4n) is 3.15. The molecule has 4 rings (SSSR count). The maximum Gasteiger partial charge on any atom is 0.275 e. The molecule has 1 N–H and O–H groups in total. The Balaban J connectivity index is 1.41. The van der Waals surface area contributed by atoms with Crippen LogP contribution in [0.5, 0.6) is 5.75 Å². The minimum absolute atomic E-state index is 0.120. The van der Waals surface area contributed by atoms with Gasteiger partial charge in [-0.05, 0) is 36.4 Å². The van der Waals surface area contributed by atoms with Gasteiger partial charge in [0, 0.05) is 28.3 Å². The van der Waals surface area contributed by atoms with E-state index in [1.807, 2.05) is 18.2 Å². The first kappa shape index (κ1) is 24.0. The molecule has 0 unspecified atom stereocenters. The summed E-state index contributed by atoms with van der Waals surface area (Å²) in [6.07, 6.45) is 1.33. The lowest BCUT2D eigenvalue weighted by Crippen LogP contribution is -2.18. The lowest BCUT2D eigenvalue weighted by Gasteiger charge is -2.11. The van der Waals surface area contributed by atoms with Crippen molar-refractivity contribution in [3.8, 4) is 17.1 Å². The standard InChI is InChI=1S/C25H17Cl2N3O5/c26-21-7-3-1-5-16(21)15-34-23-8-4-2-6-20(23)25(31)29-28-14-18-10-12-24(35-18)19-11-9-17(30(32)33)13-22(19)27/h1-14H,15H2,(H,29,31)/b28-14+. The number of hydrogen-bond acceptors (Lipinski definition) is 6. The molecule has 0 saturated heterocycles. The Labute approximate surface area is 209 Å². The molecular weight excluding hydrogens is 493 g/mol. The zero-order chi connectivity index (χ0) is 24.8. The predicted molar refractivity (Wildman–Crippen MR) is 133 cm³/mol. The summed E-state index contributed by atoms with van der Waals surface area (Å²) in [5.74, 6) is 0.656. The molecule has 176 valence electrons. The van der Waals surface area contributed by atoms with E-state index >= 15 is 0 Å². The summed E-state index contributed by atoms with van der Waals surface area (Å²) >= 11 is 12.3. The molecule has 1 amide bonds. The number of nitro groups is 1. The van der Waals surface area contributed by atoms with Gasteiger partial charge in [0.1, 0.15) is 23.9 Å². The topological polar surface area (TPSA) is 107 Å². The van der Waals surface area contributed by atoms with Crippen molar-refractivity contribution >= 4 is 41.0 Å². The van der Waals surface area contributed by atoms with Gasteiger partial charge in [-0.2, -0.15) is 5.10 Å². The number of nitrogens with one attached hydrogen (secondary N) is 1. The van der Waals surface area contributed by atoms with Gasteiger partial charge >= 0.3 is 0 Å². The SMILES string of the molecule is O=C(N/N=C/c1ccc(-c2ccc([N+](=O)[O-])cc2Cl)o1)c1ccccc1OCc1ccccc1Cl. The van der Waals surface area contributed by atoms with Crippen LogP contribution in [-0.4, -0.2) is 17.0 Å². The van der Waals surface area contributed by atoms with E-state index in [0.29, 0.717) is 33.4 Å². The highest BCUT2D eigenvalue weighted by atomic mass is 35.5. The van der Waals surface area contributed by atoms with Crippen LogP contribution in [0.4, 0.5) is 5.69 Å². The van der Waals surface area contributed by atoms with Crippen molar-refractivity contribution in [3.05, 3.63) is 116 Å². The highest BCUT2D eigenvalue weighted by Crippen LogP contribution is 2.32. The van der Waals surface area contributed by atoms with E-state index in [9.17, 15) is 14.9 Å².